The van der Waals surface area contributed by atoms with Crippen molar-refractivity contribution >= 4 is 39.2 Å². The first-order valence-electron chi connectivity index (χ1n) is 10.1. The van der Waals surface area contributed by atoms with E-state index in [2.05, 4.69) is 5.32 Å². The Hall–Kier alpha value is -2.42. The highest BCUT2D eigenvalue weighted by atomic mass is 35.5. The number of hydrogen-bond donors (Lipinski definition) is 1. The lowest BCUT2D eigenvalue weighted by Gasteiger charge is -2.26. The van der Waals surface area contributed by atoms with Crippen LogP contribution in [0.3, 0.4) is 0 Å². The van der Waals surface area contributed by atoms with Crippen molar-refractivity contribution in [1.82, 2.24) is 4.31 Å². The highest BCUT2D eigenvalue weighted by molar-refractivity contribution is 7.89. The van der Waals surface area contributed by atoms with Crippen LogP contribution in [0.15, 0.2) is 47.4 Å². The average Bonchev–Trinajstić information content (AvgIpc) is 2.76. The molecule has 2 aromatic carbocycles. The van der Waals surface area contributed by atoms with E-state index < -0.39 is 28.0 Å². The summed E-state index contributed by atoms with van der Waals surface area (Å²) in [5.74, 6) is -1.33. The van der Waals surface area contributed by atoms with Gasteiger partial charge in [0.1, 0.15) is 0 Å². The molecule has 1 aliphatic heterocycles. The van der Waals surface area contributed by atoms with Crippen molar-refractivity contribution in [2.75, 3.05) is 18.4 Å². The van der Waals surface area contributed by atoms with Gasteiger partial charge in [-0.2, -0.15) is 4.31 Å². The van der Waals surface area contributed by atoms with E-state index in [0.717, 1.165) is 19.3 Å². The number of rotatable bonds is 6. The smallest absolute Gasteiger partial charge is 0.338 e. The van der Waals surface area contributed by atoms with Crippen LogP contribution in [0.2, 0.25) is 5.02 Å². The fraction of sp³-hybridized carbons (Fsp3) is 0.364. The van der Waals surface area contributed by atoms with Gasteiger partial charge in [-0.3, -0.25) is 4.79 Å². The zero-order valence-corrected chi connectivity index (χ0v) is 19.0. The van der Waals surface area contributed by atoms with Gasteiger partial charge in [-0.1, -0.05) is 36.2 Å². The molecule has 3 rings (SSSR count). The average molecular weight is 465 g/mol. The van der Waals surface area contributed by atoms with Gasteiger partial charge in [0, 0.05) is 13.1 Å². The number of sulfonamides is 1. The number of para-hydroxylation sites is 1. The maximum absolute atomic E-state index is 13.0. The number of esters is 1. The summed E-state index contributed by atoms with van der Waals surface area (Å²) in [6.45, 7) is 4.06. The largest absolute Gasteiger partial charge is 0.449 e. The molecule has 1 N–H and O–H groups in total. The molecule has 7 nitrogen and oxygen atoms in total. The predicted molar refractivity (Wildman–Crippen MR) is 119 cm³/mol. The minimum absolute atomic E-state index is 0.0681. The maximum atomic E-state index is 13.0. The molecule has 1 heterocycles. The summed E-state index contributed by atoms with van der Waals surface area (Å²) in [6.07, 6.45) is 1.54. The number of anilines is 1. The molecule has 1 fully saturated rings. The molecule has 0 aromatic heterocycles. The second-order valence-electron chi connectivity index (χ2n) is 7.46. The van der Waals surface area contributed by atoms with Gasteiger partial charge in [-0.25, -0.2) is 13.2 Å². The molecule has 1 unspecified atom stereocenters. The Kier molecular flexibility index (Phi) is 7.35. The lowest BCUT2D eigenvalue weighted by molar-refractivity contribution is -0.123. The van der Waals surface area contributed by atoms with E-state index in [1.165, 1.54) is 23.4 Å². The molecule has 0 radical (unpaired) electrons. The second kappa shape index (κ2) is 9.80. The van der Waals surface area contributed by atoms with Gasteiger partial charge in [0.15, 0.2) is 6.10 Å². The van der Waals surface area contributed by atoms with Crippen LogP contribution in [0, 0.1) is 6.92 Å². The van der Waals surface area contributed by atoms with Gasteiger partial charge in [0.25, 0.3) is 5.91 Å². The minimum Gasteiger partial charge on any atom is -0.449 e. The van der Waals surface area contributed by atoms with E-state index in [4.69, 9.17) is 16.3 Å². The predicted octanol–water partition coefficient (Wildman–Crippen LogP) is 4.01. The molecule has 1 saturated heterocycles. The van der Waals surface area contributed by atoms with E-state index in [1.54, 1.807) is 37.3 Å². The third kappa shape index (κ3) is 5.44. The van der Waals surface area contributed by atoms with Gasteiger partial charge in [0.05, 0.1) is 21.2 Å². The van der Waals surface area contributed by atoms with Crippen molar-refractivity contribution in [2.45, 2.75) is 44.1 Å². The van der Waals surface area contributed by atoms with Gasteiger partial charge < -0.3 is 10.1 Å². The molecular weight excluding hydrogens is 440 g/mol. The van der Waals surface area contributed by atoms with Crippen molar-refractivity contribution in [3.63, 3.8) is 0 Å². The molecule has 31 heavy (non-hydrogen) atoms. The monoisotopic (exact) mass is 464 g/mol. The topological polar surface area (TPSA) is 92.8 Å². The van der Waals surface area contributed by atoms with Crippen LogP contribution in [0.4, 0.5) is 5.69 Å². The number of ether oxygens (including phenoxy) is 1. The van der Waals surface area contributed by atoms with Crippen LogP contribution < -0.4 is 5.32 Å². The Morgan fingerprint density at radius 3 is 2.45 bits per heavy atom. The van der Waals surface area contributed by atoms with E-state index in [0.29, 0.717) is 29.4 Å². The normalized spacial score (nSPS) is 15.8. The number of carbonyl (C=O) groups excluding carboxylic acids is 2. The summed E-state index contributed by atoms with van der Waals surface area (Å²) in [5, 5.41) is 2.97. The molecule has 1 aliphatic rings. The molecule has 1 amide bonds. The van der Waals surface area contributed by atoms with Gasteiger partial charge >= 0.3 is 5.97 Å². The zero-order chi connectivity index (χ0) is 22.6. The Bertz CT molecular complexity index is 1080. The van der Waals surface area contributed by atoms with Gasteiger partial charge in [-0.05, 0) is 56.5 Å². The molecule has 9 heteroatoms. The van der Waals surface area contributed by atoms with Gasteiger partial charge in [-0.15, -0.1) is 0 Å². The fourth-order valence-corrected chi connectivity index (χ4v) is 5.28. The third-order valence-corrected chi connectivity index (χ3v) is 7.51. The number of carbonyl (C=O) groups is 2. The molecule has 0 aliphatic carbocycles. The first kappa shape index (κ1) is 23.2. The van der Waals surface area contributed by atoms with E-state index in [9.17, 15) is 18.0 Å². The standard InChI is InChI=1S/C22H25ClN2O5S/c1-15-10-11-17(14-20(15)31(28,29)25-12-6-3-7-13-25)22(27)30-16(2)21(26)24-19-9-5-4-8-18(19)23/h4-5,8-11,14,16H,3,6-7,12-13H2,1-2H3,(H,24,26). The first-order valence-corrected chi connectivity index (χ1v) is 11.9. The highest BCUT2D eigenvalue weighted by Gasteiger charge is 2.29. The number of hydrogen-bond acceptors (Lipinski definition) is 5. The number of aryl methyl sites for hydroxylation is 1. The summed E-state index contributed by atoms with van der Waals surface area (Å²) < 4.78 is 32.8. The number of benzene rings is 2. The van der Waals surface area contributed by atoms with Crippen LogP contribution in [0.1, 0.15) is 42.1 Å². The second-order valence-corrected chi connectivity index (χ2v) is 9.78. The molecule has 0 saturated carbocycles. The van der Waals surface area contributed by atoms with Crippen LogP contribution in [-0.4, -0.2) is 43.8 Å². The van der Waals surface area contributed by atoms with Crippen molar-refractivity contribution in [1.29, 1.82) is 0 Å². The fourth-order valence-electron chi connectivity index (χ4n) is 3.33. The number of halogens is 1. The summed E-state index contributed by atoms with van der Waals surface area (Å²) in [4.78, 5) is 25.1. The SMILES string of the molecule is Cc1ccc(C(=O)OC(C)C(=O)Nc2ccccc2Cl)cc1S(=O)(=O)N1CCCCC1. The summed E-state index contributed by atoms with van der Waals surface area (Å²) in [7, 11) is -3.71. The molecule has 2 aromatic rings. The van der Waals surface area contributed by atoms with Crippen molar-refractivity contribution in [3.8, 4) is 0 Å². The van der Waals surface area contributed by atoms with E-state index in [1.807, 2.05) is 0 Å². The van der Waals surface area contributed by atoms with E-state index >= 15 is 0 Å². The Morgan fingerprint density at radius 2 is 1.77 bits per heavy atom. The summed E-state index contributed by atoms with van der Waals surface area (Å²) in [6, 6.07) is 11.1. The molecular formula is C22H25ClN2O5S. The summed E-state index contributed by atoms with van der Waals surface area (Å²) >= 11 is 6.03. The molecule has 0 spiro atoms. The highest BCUT2D eigenvalue weighted by Crippen LogP contribution is 2.25. The first-order chi connectivity index (χ1) is 14.7. The van der Waals surface area contributed by atoms with Crippen LogP contribution in [0.25, 0.3) is 0 Å². The Morgan fingerprint density at radius 1 is 1.10 bits per heavy atom. The number of amides is 1. The third-order valence-electron chi connectivity index (χ3n) is 5.14. The lowest BCUT2D eigenvalue weighted by Crippen LogP contribution is -2.36. The minimum atomic E-state index is -3.71. The van der Waals surface area contributed by atoms with Crippen LogP contribution >= 0.6 is 11.6 Å². The lowest BCUT2D eigenvalue weighted by atomic mass is 10.1. The molecule has 0 bridgehead atoms. The molecule has 166 valence electrons. The number of piperidine rings is 1. The maximum Gasteiger partial charge on any atom is 0.338 e. The van der Waals surface area contributed by atoms with Crippen molar-refractivity contribution in [3.05, 3.63) is 58.6 Å². The quantitative estimate of drug-likeness (QED) is 0.652. The van der Waals surface area contributed by atoms with E-state index in [-0.39, 0.29) is 10.5 Å². The van der Waals surface area contributed by atoms with Crippen LogP contribution in [0.5, 0.6) is 0 Å². The zero-order valence-electron chi connectivity index (χ0n) is 17.4. The van der Waals surface area contributed by atoms with Crippen molar-refractivity contribution in [2.24, 2.45) is 0 Å². The van der Waals surface area contributed by atoms with Gasteiger partial charge in [0.2, 0.25) is 10.0 Å². The van der Waals surface area contributed by atoms with Crippen molar-refractivity contribution < 1.29 is 22.7 Å². The van der Waals surface area contributed by atoms with Crippen LogP contribution in [-0.2, 0) is 19.6 Å². The number of nitrogens with zero attached hydrogens (tertiary/aromatic N) is 1. The Balaban J connectivity index is 1.74. The summed E-state index contributed by atoms with van der Waals surface area (Å²) in [5.41, 5.74) is 1.02. The molecule has 1 atom stereocenters. The number of nitrogens with one attached hydrogen (secondary N) is 1. The Labute approximate surface area is 187 Å².